The van der Waals surface area contributed by atoms with Gasteiger partial charge >= 0.3 is 0 Å². The topological polar surface area (TPSA) is 0 Å². The van der Waals surface area contributed by atoms with Gasteiger partial charge in [0, 0.05) is 0 Å². The lowest BCUT2D eigenvalue weighted by atomic mass is 9.86. The minimum atomic E-state index is 0.621. The molecule has 1 saturated carbocycles. The zero-order chi connectivity index (χ0) is 8.48. The van der Waals surface area contributed by atoms with Gasteiger partial charge in [-0.25, -0.2) is 0 Å². The Morgan fingerprint density at radius 1 is 1.27 bits per heavy atom. The highest BCUT2D eigenvalue weighted by Gasteiger charge is 2.34. The molecule has 0 aliphatic heterocycles. The lowest BCUT2D eigenvalue weighted by molar-refractivity contribution is 0.343. The second-order valence-electron chi connectivity index (χ2n) is 4.49. The van der Waals surface area contributed by atoms with Crippen molar-refractivity contribution < 1.29 is 0 Å². The zero-order valence-corrected chi connectivity index (χ0v) is 9.28. The quantitative estimate of drug-likeness (QED) is 0.559. The van der Waals surface area contributed by atoms with Crippen LogP contribution in [0, 0.1) is 11.8 Å². The molecule has 1 fully saturated rings. The molecule has 0 saturated heterocycles. The molecule has 0 bridgehead atoms. The lowest BCUT2D eigenvalue weighted by Crippen LogP contribution is -2.27. The molecule has 0 N–H and O–H groups in total. The summed E-state index contributed by atoms with van der Waals surface area (Å²) in [5, 5.41) is 0.621. The standard InChI is InChI=1S/C10H21P/c1-8-6-5-7-9(8)10(2,3)11-4/h8-9,11H,5-7H2,1-4H3. The smallest absolute Gasteiger partial charge is 0.0150 e. The van der Waals surface area contributed by atoms with Crippen LogP contribution in [0.5, 0.6) is 0 Å². The van der Waals surface area contributed by atoms with Crippen LogP contribution < -0.4 is 0 Å². The summed E-state index contributed by atoms with van der Waals surface area (Å²) in [5.41, 5.74) is 0. The summed E-state index contributed by atoms with van der Waals surface area (Å²) in [6, 6.07) is 0. The van der Waals surface area contributed by atoms with Crippen LogP contribution >= 0.6 is 8.58 Å². The molecular weight excluding hydrogens is 151 g/mol. The van der Waals surface area contributed by atoms with E-state index < -0.39 is 0 Å². The Kier molecular flexibility index (Phi) is 2.97. The Hall–Kier alpha value is 0.430. The third-order valence-electron chi connectivity index (χ3n) is 3.43. The molecule has 0 aromatic heterocycles. The van der Waals surface area contributed by atoms with E-state index in [2.05, 4.69) is 27.4 Å². The Morgan fingerprint density at radius 2 is 1.91 bits per heavy atom. The maximum Gasteiger partial charge on any atom is -0.0150 e. The summed E-state index contributed by atoms with van der Waals surface area (Å²) in [5.74, 6) is 1.99. The van der Waals surface area contributed by atoms with Gasteiger partial charge in [0.2, 0.25) is 0 Å². The molecule has 1 rings (SSSR count). The molecule has 0 radical (unpaired) electrons. The number of hydrogen-bond acceptors (Lipinski definition) is 0. The second kappa shape index (κ2) is 3.44. The molecule has 1 heteroatoms. The van der Waals surface area contributed by atoms with E-state index >= 15 is 0 Å². The molecule has 11 heavy (non-hydrogen) atoms. The zero-order valence-electron chi connectivity index (χ0n) is 8.28. The van der Waals surface area contributed by atoms with E-state index in [1.165, 1.54) is 19.3 Å². The first-order valence-corrected chi connectivity index (χ1v) is 6.27. The van der Waals surface area contributed by atoms with E-state index in [0.29, 0.717) is 5.16 Å². The van der Waals surface area contributed by atoms with Crippen LogP contribution in [0.3, 0.4) is 0 Å². The van der Waals surface area contributed by atoms with Gasteiger partial charge in [-0.3, -0.25) is 0 Å². The van der Waals surface area contributed by atoms with Gasteiger partial charge in [0.1, 0.15) is 0 Å². The van der Waals surface area contributed by atoms with Gasteiger partial charge in [0.15, 0.2) is 0 Å². The van der Waals surface area contributed by atoms with Crippen molar-refractivity contribution in [3.05, 3.63) is 0 Å². The third kappa shape index (κ3) is 1.96. The molecular formula is C10H21P. The largest absolute Gasteiger partial charge is 0.119 e. The van der Waals surface area contributed by atoms with Gasteiger partial charge in [-0.15, -0.1) is 8.58 Å². The van der Waals surface area contributed by atoms with E-state index in [-0.39, 0.29) is 0 Å². The first-order chi connectivity index (χ1) is 5.08. The number of rotatable bonds is 2. The fraction of sp³-hybridized carbons (Fsp3) is 1.00. The summed E-state index contributed by atoms with van der Waals surface area (Å²) in [7, 11) is 1.10. The molecule has 0 nitrogen and oxygen atoms in total. The summed E-state index contributed by atoms with van der Waals surface area (Å²) >= 11 is 0. The Labute approximate surface area is 72.9 Å². The predicted molar refractivity (Wildman–Crippen MR) is 54.8 cm³/mol. The van der Waals surface area contributed by atoms with Gasteiger partial charge in [-0.05, 0) is 30.1 Å². The van der Waals surface area contributed by atoms with Crippen molar-refractivity contribution in [1.82, 2.24) is 0 Å². The molecule has 1 aliphatic carbocycles. The van der Waals surface area contributed by atoms with Crippen molar-refractivity contribution >= 4 is 8.58 Å². The fourth-order valence-electron chi connectivity index (χ4n) is 2.40. The van der Waals surface area contributed by atoms with Crippen molar-refractivity contribution in [3.63, 3.8) is 0 Å². The molecule has 66 valence electrons. The van der Waals surface area contributed by atoms with Crippen LogP contribution in [0.4, 0.5) is 0 Å². The molecule has 3 atom stereocenters. The summed E-state index contributed by atoms with van der Waals surface area (Å²) in [6.07, 6.45) is 4.42. The second-order valence-corrected chi connectivity index (χ2v) is 6.28. The van der Waals surface area contributed by atoms with Crippen molar-refractivity contribution in [3.8, 4) is 0 Å². The average molecular weight is 172 g/mol. The molecule has 0 aromatic carbocycles. The van der Waals surface area contributed by atoms with Gasteiger partial charge in [-0.1, -0.05) is 33.6 Å². The lowest BCUT2D eigenvalue weighted by Gasteiger charge is -2.33. The van der Waals surface area contributed by atoms with Crippen molar-refractivity contribution in [1.29, 1.82) is 0 Å². The van der Waals surface area contributed by atoms with E-state index in [1.807, 2.05) is 0 Å². The van der Waals surface area contributed by atoms with Gasteiger partial charge in [0.25, 0.3) is 0 Å². The van der Waals surface area contributed by atoms with E-state index in [0.717, 1.165) is 20.4 Å². The Bertz CT molecular complexity index is 129. The van der Waals surface area contributed by atoms with Crippen LogP contribution in [0.25, 0.3) is 0 Å². The van der Waals surface area contributed by atoms with Gasteiger partial charge < -0.3 is 0 Å². The fourth-order valence-corrected chi connectivity index (χ4v) is 3.20. The summed E-state index contributed by atoms with van der Waals surface area (Å²) < 4.78 is 0. The highest BCUT2D eigenvalue weighted by atomic mass is 31.1. The average Bonchev–Trinajstić information content (AvgIpc) is 2.36. The van der Waals surface area contributed by atoms with Crippen LogP contribution in [0.15, 0.2) is 0 Å². The number of hydrogen-bond donors (Lipinski definition) is 0. The monoisotopic (exact) mass is 172 g/mol. The minimum Gasteiger partial charge on any atom is -0.119 e. The van der Waals surface area contributed by atoms with Crippen molar-refractivity contribution in [2.45, 2.75) is 45.2 Å². The van der Waals surface area contributed by atoms with Crippen LogP contribution in [-0.4, -0.2) is 11.8 Å². The maximum atomic E-state index is 2.44. The minimum absolute atomic E-state index is 0.621. The highest BCUT2D eigenvalue weighted by Crippen LogP contribution is 2.46. The molecule has 0 aromatic rings. The van der Waals surface area contributed by atoms with E-state index in [4.69, 9.17) is 0 Å². The van der Waals surface area contributed by atoms with Crippen LogP contribution in [0.1, 0.15) is 40.0 Å². The van der Waals surface area contributed by atoms with Crippen molar-refractivity contribution in [2.24, 2.45) is 11.8 Å². The molecule has 3 unspecified atom stereocenters. The molecule has 0 heterocycles. The summed E-state index contributed by atoms with van der Waals surface area (Å²) in [4.78, 5) is 0. The van der Waals surface area contributed by atoms with Gasteiger partial charge in [0.05, 0.1) is 0 Å². The molecule has 0 spiro atoms. The van der Waals surface area contributed by atoms with E-state index in [1.54, 1.807) is 0 Å². The molecule has 1 aliphatic rings. The molecule has 0 amide bonds. The van der Waals surface area contributed by atoms with E-state index in [9.17, 15) is 0 Å². The Morgan fingerprint density at radius 3 is 2.27 bits per heavy atom. The normalized spacial score (nSPS) is 33.8. The maximum absolute atomic E-state index is 2.44. The van der Waals surface area contributed by atoms with Crippen molar-refractivity contribution in [2.75, 3.05) is 6.66 Å². The van der Waals surface area contributed by atoms with Gasteiger partial charge in [-0.2, -0.15) is 0 Å². The summed E-state index contributed by atoms with van der Waals surface area (Å²) in [6.45, 7) is 9.67. The first-order valence-electron chi connectivity index (χ1n) is 4.77. The highest BCUT2D eigenvalue weighted by molar-refractivity contribution is 7.39. The van der Waals surface area contributed by atoms with Crippen LogP contribution in [0.2, 0.25) is 0 Å². The SMILES string of the molecule is CPC(C)(C)C1CCCC1C. The Balaban J connectivity index is 2.58. The van der Waals surface area contributed by atoms with Crippen LogP contribution in [-0.2, 0) is 0 Å². The first kappa shape index (κ1) is 9.52. The predicted octanol–water partition coefficient (Wildman–Crippen LogP) is 3.51. The third-order valence-corrected chi connectivity index (χ3v) is 5.09.